The molecule has 3 aromatic rings. The van der Waals surface area contributed by atoms with Crippen molar-refractivity contribution in [1.29, 1.82) is 0 Å². The molecule has 106 valence electrons. The molecule has 0 amide bonds. The van der Waals surface area contributed by atoms with E-state index in [1.807, 2.05) is 6.07 Å². The van der Waals surface area contributed by atoms with Gasteiger partial charge in [0.2, 0.25) is 0 Å². The molecule has 0 aliphatic carbocycles. The molecule has 0 fully saturated rings. The Balaban J connectivity index is 2.06. The maximum Gasteiger partial charge on any atom is 0.308 e. The third-order valence-corrected chi connectivity index (χ3v) is 2.98. The Morgan fingerprint density at radius 3 is 2.86 bits per heavy atom. The Kier molecular flexibility index (Phi) is 3.27. The van der Waals surface area contributed by atoms with Gasteiger partial charge in [-0.15, -0.1) is 0 Å². The molecule has 0 radical (unpaired) electrons. The lowest BCUT2D eigenvalue weighted by molar-refractivity contribution is -0.131. The Morgan fingerprint density at radius 1 is 1.29 bits per heavy atom. The lowest BCUT2D eigenvalue weighted by Gasteiger charge is -2.08. The maximum absolute atomic E-state index is 11.0. The summed E-state index contributed by atoms with van der Waals surface area (Å²) in [6, 6.07) is 7.00. The molecule has 0 bridgehead atoms. The summed E-state index contributed by atoms with van der Waals surface area (Å²) in [4.78, 5) is 22.7. The topological polar surface area (TPSA) is 77.1 Å². The predicted octanol–water partition coefficient (Wildman–Crippen LogP) is 2.56. The van der Waals surface area contributed by atoms with Crippen LogP contribution in [0.2, 0.25) is 0 Å². The molecule has 6 nitrogen and oxygen atoms in total. The highest BCUT2D eigenvalue weighted by molar-refractivity contribution is 5.80. The highest BCUT2D eigenvalue weighted by Crippen LogP contribution is 2.32. The standard InChI is InChI=1S/C15H13N3O3/c1-9(19)21-10-3-4-11(14(7-10)20-2)15-17-12-5-6-16-8-13(12)18-15/h3-8H,1-2H3,(H,17,18). The van der Waals surface area contributed by atoms with E-state index in [0.29, 0.717) is 17.3 Å². The average Bonchev–Trinajstić information content (AvgIpc) is 2.90. The summed E-state index contributed by atoms with van der Waals surface area (Å²) < 4.78 is 10.4. The third kappa shape index (κ3) is 2.55. The number of ether oxygens (including phenoxy) is 2. The molecule has 1 aromatic carbocycles. The number of imidazole rings is 1. The summed E-state index contributed by atoms with van der Waals surface area (Å²) in [6.45, 7) is 1.35. The number of hydrogen-bond donors (Lipinski definition) is 1. The van der Waals surface area contributed by atoms with Gasteiger partial charge in [0, 0.05) is 19.2 Å². The Hall–Kier alpha value is -2.89. The largest absolute Gasteiger partial charge is 0.496 e. The van der Waals surface area contributed by atoms with Crippen molar-refractivity contribution in [3.05, 3.63) is 36.7 Å². The number of esters is 1. The zero-order valence-corrected chi connectivity index (χ0v) is 11.6. The van der Waals surface area contributed by atoms with Crippen LogP contribution in [0.5, 0.6) is 11.5 Å². The second-order valence-electron chi connectivity index (χ2n) is 4.43. The monoisotopic (exact) mass is 283 g/mol. The highest BCUT2D eigenvalue weighted by atomic mass is 16.5. The highest BCUT2D eigenvalue weighted by Gasteiger charge is 2.12. The Labute approximate surface area is 120 Å². The van der Waals surface area contributed by atoms with E-state index in [1.54, 1.807) is 37.7 Å². The number of hydrogen-bond acceptors (Lipinski definition) is 5. The third-order valence-electron chi connectivity index (χ3n) is 2.98. The van der Waals surface area contributed by atoms with Gasteiger partial charge in [0.25, 0.3) is 0 Å². The summed E-state index contributed by atoms with van der Waals surface area (Å²) in [5, 5.41) is 0. The van der Waals surface area contributed by atoms with Crippen LogP contribution in [0.25, 0.3) is 22.4 Å². The predicted molar refractivity (Wildman–Crippen MR) is 77.2 cm³/mol. The van der Waals surface area contributed by atoms with E-state index in [1.165, 1.54) is 6.92 Å². The van der Waals surface area contributed by atoms with Gasteiger partial charge in [-0.05, 0) is 18.2 Å². The Bertz CT molecular complexity index is 778. The van der Waals surface area contributed by atoms with E-state index >= 15 is 0 Å². The Morgan fingerprint density at radius 2 is 2.14 bits per heavy atom. The molecule has 0 aliphatic rings. The summed E-state index contributed by atoms with van der Waals surface area (Å²) in [7, 11) is 1.56. The number of rotatable bonds is 3. The van der Waals surface area contributed by atoms with Crippen molar-refractivity contribution >= 4 is 17.0 Å². The van der Waals surface area contributed by atoms with E-state index in [9.17, 15) is 4.79 Å². The SMILES string of the molecule is COc1cc(OC(C)=O)ccc1-c1nc2cnccc2[nH]1. The molecule has 21 heavy (non-hydrogen) atoms. The van der Waals surface area contributed by atoms with Gasteiger partial charge in [0.15, 0.2) is 0 Å². The summed E-state index contributed by atoms with van der Waals surface area (Å²) in [6.07, 6.45) is 3.39. The van der Waals surface area contributed by atoms with Gasteiger partial charge >= 0.3 is 5.97 Å². The molecule has 6 heteroatoms. The van der Waals surface area contributed by atoms with Crippen LogP contribution < -0.4 is 9.47 Å². The van der Waals surface area contributed by atoms with Crippen molar-refractivity contribution in [2.24, 2.45) is 0 Å². The number of nitrogens with one attached hydrogen (secondary N) is 1. The molecular formula is C15H13N3O3. The van der Waals surface area contributed by atoms with E-state index in [-0.39, 0.29) is 5.97 Å². The quantitative estimate of drug-likeness (QED) is 0.590. The first-order valence-corrected chi connectivity index (χ1v) is 6.34. The van der Waals surface area contributed by atoms with Crippen molar-refractivity contribution in [1.82, 2.24) is 15.0 Å². The van der Waals surface area contributed by atoms with Crippen molar-refractivity contribution in [3.63, 3.8) is 0 Å². The van der Waals surface area contributed by atoms with Gasteiger partial charge in [0.05, 0.1) is 24.4 Å². The van der Waals surface area contributed by atoms with Crippen LogP contribution >= 0.6 is 0 Å². The molecule has 0 saturated carbocycles. The fourth-order valence-electron chi connectivity index (χ4n) is 2.08. The number of benzene rings is 1. The van der Waals surface area contributed by atoms with Crippen molar-refractivity contribution in [2.75, 3.05) is 7.11 Å². The first-order valence-electron chi connectivity index (χ1n) is 6.34. The van der Waals surface area contributed by atoms with Crippen LogP contribution in [0.4, 0.5) is 0 Å². The zero-order valence-electron chi connectivity index (χ0n) is 11.6. The first kappa shape index (κ1) is 13.1. The fourth-order valence-corrected chi connectivity index (χ4v) is 2.08. The number of nitrogens with zero attached hydrogens (tertiary/aromatic N) is 2. The van der Waals surface area contributed by atoms with Crippen molar-refractivity contribution in [2.45, 2.75) is 6.92 Å². The number of aromatic nitrogens is 3. The minimum absolute atomic E-state index is 0.375. The number of pyridine rings is 1. The van der Waals surface area contributed by atoms with Gasteiger partial charge in [-0.2, -0.15) is 0 Å². The second kappa shape index (κ2) is 5.24. The van der Waals surface area contributed by atoms with Gasteiger partial charge < -0.3 is 14.5 Å². The number of carbonyl (C=O) groups is 1. The smallest absolute Gasteiger partial charge is 0.308 e. The second-order valence-corrected chi connectivity index (χ2v) is 4.43. The fraction of sp³-hybridized carbons (Fsp3) is 0.133. The zero-order chi connectivity index (χ0) is 14.8. The number of fused-ring (bicyclic) bond motifs is 1. The minimum Gasteiger partial charge on any atom is -0.496 e. The molecule has 1 N–H and O–H groups in total. The number of aromatic amines is 1. The summed E-state index contributed by atoms with van der Waals surface area (Å²) in [5.41, 5.74) is 2.45. The van der Waals surface area contributed by atoms with Crippen LogP contribution in [0.1, 0.15) is 6.92 Å². The minimum atomic E-state index is -0.375. The van der Waals surface area contributed by atoms with E-state index in [4.69, 9.17) is 9.47 Å². The van der Waals surface area contributed by atoms with Crippen molar-refractivity contribution in [3.8, 4) is 22.9 Å². The van der Waals surface area contributed by atoms with Crippen LogP contribution in [-0.4, -0.2) is 28.0 Å². The summed E-state index contributed by atoms with van der Waals surface area (Å²) in [5.74, 6) is 1.30. The molecule has 2 aromatic heterocycles. The van der Waals surface area contributed by atoms with Crippen LogP contribution in [-0.2, 0) is 4.79 Å². The van der Waals surface area contributed by atoms with Gasteiger partial charge in [-0.3, -0.25) is 9.78 Å². The molecule has 2 heterocycles. The normalized spacial score (nSPS) is 10.6. The van der Waals surface area contributed by atoms with Gasteiger partial charge in [0.1, 0.15) is 22.8 Å². The van der Waals surface area contributed by atoms with Crippen molar-refractivity contribution < 1.29 is 14.3 Å². The molecule has 0 unspecified atom stereocenters. The summed E-state index contributed by atoms with van der Waals surface area (Å²) >= 11 is 0. The first-order chi connectivity index (χ1) is 10.2. The maximum atomic E-state index is 11.0. The molecule has 3 rings (SSSR count). The van der Waals surface area contributed by atoms with Gasteiger partial charge in [-0.1, -0.05) is 0 Å². The molecule has 0 atom stereocenters. The molecule has 0 spiro atoms. The molecular weight excluding hydrogens is 270 g/mol. The lowest BCUT2D eigenvalue weighted by atomic mass is 10.2. The van der Waals surface area contributed by atoms with E-state index < -0.39 is 0 Å². The van der Waals surface area contributed by atoms with Gasteiger partial charge in [-0.25, -0.2) is 4.98 Å². The number of carbonyl (C=O) groups excluding carboxylic acids is 1. The van der Waals surface area contributed by atoms with Crippen LogP contribution in [0.15, 0.2) is 36.7 Å². The average molecular weight is 283 g/mol. The van der Waals surface area contributed by atoms with E-state index in [2.05, 4.69) is 15.0 Å². The molecule has 0 aliphatic heterocycles. The lowest BCUT2D eigenvalue weighted by Crippen LogP contribution is -2.01. The number of methoxy groups -OCH3 is 1. The van der Waals surface area contributed by atoms with Crippen LogP contribution in [0.3, 0.4) is 0 Å². The van der Waals surface area contributed by atoms with E-state index in [0.717, 1.165) is 16.6 Å². The van der Waals surface area contributed by atoms with Crippen LogP contribution in [0, 0.1) is 0 Å². The number of H-pyrrole nitrogens is 1. The molecule has 0 saturated heterocycles.